The van der Waals surface area contributed by atoms with Crippen LogP contribution in [0.3, 0.4) is 0 Å². The Hall–Kier alpha value is -2.03. The molecule has 2 aromatic rings. The largest absolute Gasteiger partial charge is 0.434 e. The summed E-state index contributed by atoms with van der Waals surface area (Å²) in [5, 5.41) is 16.8. The van der Waals surface area contributed by atoms with Crippen molar-refractivity contribution in [2.24, 2.45) is 0 Å². The van der Waals surface area contributed by atoms with Gasteiger partial charge < -0.3 is 10.5 Å². The summed E-state index contributed by atoms with van der Waals surface area (Å²) < 4.78 is 5.40. The van der Waals surface area contributed by atoms with Gasteiger partial charge in [-0.15, -0.1) is 5.10 Å². The molecule has 0 spiro atoms. The summed E-state index contributed by atoms with van der Waals surface area (Å²) in [4.78, 5) is 0. The van der Waals surface area contributed by atoms with E-state index in [2.05, 4.69) is 10.2 Å². The monoisotopic (exact) mass is 280 g/mol. The van der Waals surface area contributed by atoms with E-state index < -0.39 is 0 Å². The minimum Gasteiger partial charge on any atom is -0.434 e. The molecule has 0 atom stereocenters. The second kappa shape index (κ2) is 5.08. The normalized spacial score (nSPS) is 9.83. The summed E-state index contributed by atoms with van der Waals surface area (Å²) in [6.07, 6.45) is 1.39. The fourth-order valence-corrected chi connectivity index (χ4v) is 1.54. The molecule has 0 unspecified atom stereocenters. The molecule has 0 aliphatic carbocycles. The van der Waals surface area contributed by atoms with E-state index in [0.717, 1.165) is 0 Å². The molecule has 2 rings (SSSR count). The van der Waals surface area contributed by atoms with Gasteiger partial charge >= 0.3 is 0 Å². The van der Waals surface area contributed by atoms with Gasteiger partial charge in [-0.3, -0.25) is 0 Å². The lowest BCUT2D eigenvalue weighted by Crippen LogP contribution is -1.97. The number of nitrogens with two attached hydrogens (primary N) is 1. The third-order valence-electron chi connectivity index (χ3n) is 2.07. The number of aromatic nitrogens is 2. The molecule has 0 aliphatic heterocycles. The van der Waals surface area contributed by atoms with Gasteiger partial charge in [0.05, 0.1) is 21.9 Å². The van der Waals surface area contributed by atoms with Crippen LogP contribution in [0, 0.1) is 11.3 Å². The number of benzene rings is 1. The average Bonchev–Trinajstić information content (AvgIpc) is 2.36. The first-order valence-corrected chi connectivity index (χ1v) is 5.51. The Kier molecular flexibility index (Phi) is 3.51. The lowest BCUT2D eigenvalue weighted by Gasteiger charge is -2.09. The summed E-state index contributed by atoms with van der Waals surface area (Å²) in [6, 6.07) is 6.33. The van der Waals surface area contributed by atoms with Gasteiger partial charge in [-0.2, -0.15) is 10.4 Å². The Labute approximate surface area is 113 Å². The summed E-state index contributed by atoms with van der Waals surface area (Å²) in [7, 11) is 0. The third-order valence-corrected chi connectivity index (χ3v) is 2.79. The molecule has 7 heteroatoms. The van der Waals surface area contributed by atoms with Gasteiger partial charge in [0.25, 0.3) is 5.88 Å². The molecule has 2 N–H and O–H groups in total. The number of nitriles is 1. The van der Waals surface area contributed by atoms with Crippen LogP contribution in [0.15, 0.2) is 24.4 Å². The Morgan fingerprint density at radius 2 is 2.00 bits per heavy atom. The molecule has 1 aromatic heterocycles. The molecule has 1 heterocycles. The highest BCUT2D eigenvalue weighted by Crippen LogP contribution is 2.34. The van der Waals surface area contributed by atoms with Crippen molar-refractivity contribution in [3.63, 3.8) is 0 Å². The Morgan fingerprint density at radius 1 is 1.28 bits per heavy atom. The van der Waals surface area contributed by atoms with Crippen molar-refractivity contribution in [2.45, 2.75) is 0 Å². The second-order valence-corrected chi connectivity index (χ2v) is 4.08. The van der Waals surface area contributed by atoms with Crippen molar-refractivity contribution in [1.82, 2.24) is 10.2 Å². The smallest absolute Gasteiger partial charge is 0.257 e. The highest BCUT2D eigenvalue weighted by molar-refractivity contribution is 6.42. The van der Waals surface area contributed by atoms with Crippen molar-refractivity contribution in [2.75, 3.05) is 5.73 Å². The zero-order chi connectivity index (χ0) is 13.1. The van der Waals surface area contributed by atoms with Crippen LogP contribution in [0.4, 0.5) is 5.69 Å². The molecule has 18 heavy (non-hydrogen) atoms. The molecule has 0 aliphatic rings. The number of anilines is 1. The van der Waals surface area contributed by atoms with Crippen molar-refractivity contribution in [3.8, 4) is 17.7 Å². The van der Waals surface area contributed by atoms with Crippen molar-refractivity contribution in [3.05, 3.63) is 40.0 Å². The van der Waals surface area contributed by atoms with E-state index in [0.29, 0.717) is 15.7 Å². The zero-order valence-electron chi connectivity index (χ0n) is 8.89. The van der Waals surface area contributed by atoms with E-state index in [1.165, 1.54) is 24.4 Å². The number of rotatable bonds is 2. The zero-order valence-corrected chi connectivity index (χ0v) is 10.4. The molecule has 5 nitrogen and oxygen atoms in total. The number of nitrogens with zero attached hydrogens (tertiary/aromatic N) is 3. The molecule has 0 saturated heterocycles. The van der Waals surface area contributed by atoms with Gasteiger partial charge in [-0.05, 0) is 12.1 Å². The lowest BCUT2D eigenvalue weighted by atomic mass is 10.3. The Bertz CT molecular complexity index is 639. The maximum Gasteiger partial charge on any atom is 0.257 e. The molecule has 0 fully saturated rings. The fourth-order valence-electron chi connectivity index (χ4n) is 1.22. The summed E-state index contributed by atoms with van der Waals surface area (Å²) in [5.41, 5.74) is 6.27. The van der Waals surface area contributed by atoms with E-state index in [9.17, 15) is 0 Å². The van der Waals surface area contributed by atoms with Crippen LogP contribution in [0.25, 0.3) is 0 Å². The number of halogens is 2. The van der Waals surface area contributed by atoms with Crippen LogP contribution in [-0.2, 0) is 0 Å². The van der Waals surface area contributed by atoms with Crippen LogP contribution in [0.5, 0.6) is 11.6 Å². The van der Waals surface area contributed by atoms with Crippen molar-refractivity contribution in [1.29, 1.82) is 5.26 Å². The highest BCUT2D eigenvalue weighted by atomic mass is 35.5. The minimum absolute atomic E-state index is 0.0603. The van der Waals surface area contributed by atoms with Crippen LogP contribution < -0.4 is 10.5 Å². The van der Waals surface area contributed by atoms with E-state index in [1.807, 2.05) is 6.07 Å². The van der Waals surface area contributed by atoms with Gasteiger partial charge in [0.2, 0.25) is 0 Å². The van der Waals surface area contributed by atoms with Crippen LogP contribution in [0.2, 0.25) is 10.0 Å². The van der Waals surface area contributed by atoms with Crippen molar-refractivity contribution >= 4 is 28.9 Å². The van der Waals surface area contributed by atoms with E-state index in [1.54, 1.807) is 0 Å². The van der Waals surface area contributed by atoms with Gasteiger partial charge in [0.1, 0.15) is 11.6 Å². The minimum atomic E-state index is 0.0603. The lowest BCUT2D eigenvalue weighted by molar-refractivity contribution is 0.455. The standard InChI is InChI=1S/C11H6Cl2N4O/c12-7-3-9(15)10(4-8(7)13)18-11-6(5-14)1-2-16-17-11/h1-4H,15H2. The quantitative estimate of drug-likeness (QED) is 0.855. The maximum absolute atomic E-state index is 8.89. The predicted octanol–water partition coefficient (Wildman–Crippen LogP) is 3.03. The van der Waals surface area contributed by atoms with Crippen LogP contribution in [0.1, 0.15) is 5.56 Å². The van der Waals surface area contributed by atoms with Gasteiger partial charge in [-0.25, -0.2) is 0 Å². The number of ether oxygens (including phenoxy) is 1. The van der Waals surface area contributed by atoms with E-state index in [4.69, 9.17) is 38.9 Å². The molecular weight excluding hydrogens is 275 g/mol. The maximum atomic E-state index is 8.89. The molecule has 90 valence electrons. The SMILES string of the molecule is N#Cc1ccnnc1Oc1cc(Cl)c(Cl)cc1N. The topological polar surface area (TPSA) is 84.8 Å². The van der Waals surface area contributed by atoms with Crippen molar-refractivity contribution < 1.29 is 4.74 Å². The molecular formula is C11H6Cl2N4O. The Balaban J connectivity index is 2.41. The molecule has 0 radical (unpaired) electrons. The third kappa shape index (κ3) is 2.45. The highest BCUT2D eigenvalue weighted by Gasteiger charge is 2.11. The van der Waals surface area contributed by atoms with Gasteiger partial charge in [-0.1, -0.05) is 23.2 Å². The summed E-state index contributed by atoms with van der Waals surface area (Å²) >= 11 is 11.7. The number of hydrogen-bond donors (Lipinski definition) is 1. The van der Waals surface area contributed by atoms with E-state index in [-0.39, 0.29) is 17.2 Å². The van der Waals surface area contributed by atoms with Gasteiger partial charge in [0.15, 0.2) is 5.75 Å². The molecule has 1 aromatic carbocycles. The molecule has 0 bridgehead atoms. The first-order valence-electron chi connectivity index (χ1n) is 4.76. The van der Waals surface area contributed by atoms with Crippen LogP contribution in [-0.4, -0.2) is 10.2 Å². The Morgan fingerprint density at radius 3 is 2.72 bits per heavy atom. The summed E-state index contributed by atoms with van der Waals surface area (Å²) in [5.74, 6) is 0.325. The first kappa shape index (κ1) is 12.4. The fraction of sp³-hybridized carbons (Fsp3) is 0. The second-order valence-electron chi connectivity index (χ2n) is 3.27. The average molecular weight is 281 g/mol. The van der Waals surface area contributed by atoms with Gasteiger partial charge in [0, 0.05) is 6.07 Å². The molecule has 0 saturated carbocycles. The van der Waals surface area contributed by atoms with E-state index >= 15 is 0 Å². The van der Waals surface area contributed by atoms with Crippen LogP contribution >= 0.6 is 23.2 Å². The molecule has 0 amide bonds. The predicted molar refractivity (Wildman–Crippen MR) is 67.7 cm³/mol. The first-order chi connectivity index (χ1) is 8.61. The summed E-state index contributed by atoms with van der Waals surface area (Å²) in [6.45, 7) is 0. The number of hydrogen-bond acceptors (Lipinski definition) is 5. The number of nitrogen functional groups attached to an aromatic ring is 1.